The topological polar surface area (TPSA) is 127 Å². The van der Waals surface area contributed by atoms with Crippen LogP contribution < -0.4 is 21.3 Å². The van der Waals surface area contributed by atoms with Gasteiger partial charge in [0.1, 0.15) is 17.2 Å². The minimum absolute atomic E-state index is 0.133. The second-order valence-corrected chi connectivity index (χ2v) is 10.3. The highest BCUT2D eigenvalue weighted by molar-refractivity contribution is 6.05. The van der Waals surface area contributed by atoms with Crippen LogP contribution in [0.2, 0.25) is 0 Å². The fourth-order valence-electron chi connectivity index (χ4n) is 5.50. The Bertz CT molecular complexity index is 1720. The van der Waals surface area contributed by atoms with Crippen molar-refractivity contribution in [3.63, 3.8) is 0 Å². The average Bonchev–Trinajstić information content (AvgIpc) is 3.33. The van der Waals surface area contributed by atoms with Crippen molar-refractivity contribution in [1.82, 2.24) is 29.6 Å². The molecule has 2 aliphatic rings. The fraction of sp³-hybridized carbons (Fsp3) is 0.310. The molecule has 198 valence electrons. The van der Waals surface area contributed by atoms with E-state index < -0.39 is 0 Å². The molecule has 4 N–H and O–H groups in total. The Kier molecular flexibility index (Phi) is 5.89. The number of likely N-dealkylation sites (tertiary alicyclic amines) is 1. The molecule has 2 aliphatic heterocycles. The number of rotatable bonds is 7. The molecule has 1 saturated heterocycles. The molecule has 10 nitrogen and oxygen atoms in total. The molecule has 3 aromatic heterocycles. The number of anilines is 2. The lowest BCUT2D eigenvalue weighted by atomic mass is 10.0. The lowest BCUT2D eigenvalue weighted by Crippen LogP contribution is -2.36. The number of aryl methyl sites for hydroxylation is 1. The van der Waals surface area contributed by atoms with E-state index in [1.807, 2.05) is 30.3 Å². The number of hydrogen-bond donors (Lipinski definition) is 3. The summed E-state index contributed by atoms with van der Waals surface area (Å²) in [5, 5.41) is 11.3. The first kappa shape index (κ1) is 23.7. The third-order valence-electron chi connectivity index (χ3n) is 7.76. The first-order chi connectivity index (χ1) is 19.1. The van der Waals surface area contributed by atoms with Crippen LogP contribution >= 0.6 is 0 Å². The van der Waals surface area contributed by atoms with Gasteiger partial charge in [-0.05, 0) is 61.7 Å². The Morgan fingerprint density at radius 2 is 1.97 bits per heavy atom. The van der Waals surface area contributed by atoms with Gasteiger partial charge < -0.3 is 15.8 Å². The Morgan fingerprint density at radius 1 is 1.13 bits per heavy atom. The maximum Gasteiger partial charge on any atom is 0.270 e. The van der Waals surface area contributed by atoms with Crippen LogP contribution in [0.3, 0.4) is 0 Å². The lowest BCUT2D eigenvalue weighted by molar-refractivity contribution is 0.167. The summed E-state index contributed by atoms with van der Waals surface area (Å²) in [6, 6.07) is 16.3. The number of nitrogen functional groups attached to an aromatic ring is 1. The maximum absolute atomic E-state index is 13.7. The van der Waals surface area contributed by atoms with E-state index in [4.69, 9.17) is 15.5 Å². The standard InChI is InChI=1S/C29H30N8O2/c30-26-24-25(34-35-26)22-16-32-29(31-13-12-21-11-8-19-4-1-2-5-23(19)39-21)33-27(22)37(28(24)38)20-9-6-18(7-10-20)17-36-14-3-15-36/h1-2,4-7,9-10,16,21H,3,8,11-15,17H2,(H3,30,34,35)(H,31,32,33)/t21-/m1/s1. The molecule has 0 amide bonds. The van der Waals surface area contributed by atoms with E-state index in [9.17, 15) is 4.79 Å². The van der Waals surface area contributed by atoms with Gasteiger partial charge in [0.2, 0.25) is 5.95 Å². The second kappa shape index (κ2) is 9.70. The summed E-state index contributed by atoms with van der Waals surface area (Å²) in [4.78, 5) is 25.4. The summed E-state index contributed by atoms with van der Waals surface area (Å²) in [6.45, 7) is 3.83. The van der Waals surface area contributed by atoms with Gasteiger partial charge in [-0.25, -0.2) is 4.98 Å². The van der Waals surface area contributed by atoms with Crippen molar-refractivity contribution >= 4 is 33.7 Å². The van der Waals surface area contributed by atoms with Crippen molar-refractivity contribution in [1.29, 1.82) is 0 Å². The number of para-hydroxylation sites is 1. The summed E-state index contributed by atoms with van der Waals surface area (Å²) < 4.78 is 7.78. The summed E-state index contributed by atoms with van der Waals surface area (Å²) >= 11 is 0. The molecular formula is C29H30N8O2. The maximum atomic E-state index is 13.7. The van der Waals surface area contributed by atoms with Crippen LogP contribution in [0.5, 0.6) is 5.75 Å². The van der Waals surface area contributed by atoms with E-state index >= 15 is 0 Å². The van der Waals surface area contributed by atoms with Crippen molar-refractivity contribution in [3.05, 3.63) is 76.2 Å². The zero-order valence-electron chi connectivity index (χ0n) is 21.6. The van der Waals surface area contributed by atoms with Gasteiger partial charge in [-0.1, -0.05) is 30.3 Å². The zero-order chi connectivity index (χ0) is 26.3. The van der Waals surface area contributed by atoms with E-state index in [2.05, 4.69) is 43.6 Å². The number of ether oxygens (including phenoxy) is 1. The summed E-state index contributed by atoms with van der Waals surface area (Å²) in [7, 11) is 0. The highest BCUT2D eigenvalue weighted by atomic mass is 16.5. The predicted octanol–water partition coefficient (Wildman–Crippen LogP) is 3.64. The smallest absolute Gasteiger partial charge is 0.270 e. The first-order valence-corrected chi connectivity index (χ1v) is 13.5. The number of nitrogens with zero attached hydrogens (tertiary/aromatic N) is 5. The van der Waals surface area contributed by atoms with Gasteiger partial charge in [-0.3, -0.25) is 19.4 Å². The second-order valence-electron chi connectivity index (χ2n) is 10.3. The molecule has 0 radical (unpaired) electrons. The number of benzene rings is 2. The number of nitrogens with one attached hydrogen (secondary N) is 2. The van der Waals surface area contributed by atoms with Crippen LogP contribution in [0, 0.1) is 0 Å². The van der Waals surface area contributed by atoms with Gasteiger partial charge in [-0.15, -0.1) is 0 Å². The first-order valence-electron chi connectivity index (χ1n) is 13.5. The average molecular weight is 523 g/mol. The van der Waals surface area contributed by atoms with E-state index in [1.165, 1.54) is 17.5 Å². The van der Waals surface area contributed by atoms with Gasteiger partial charge in [0.25, 0.3) is 5.56 Å². The van der Waals surface area contributed by atoms with Gasteiger partial charge in [-0.2, -0.15) is 10.1 Å². The Morgan fingerprint density at radius 3 is 2.79 bits per heavy atom. The molecular weight excluding hydrogens is 492 g/mol. The number of H-pyrrole nitrogens is 1. The van der Waals surface area contributed by atoms with E-state index in [-0.39, 0.29) is 17.5 Å². The van der Waals surface area contributed by atoms with Crippen LogP contribution in [0.25, 0.3) is 27.6 Å². The van der Waals surface area contributed by atoms with Gasteiger partial charge >= 0.3 is 0 Å². The fourth-order valence-corrected chi connectivity index (χ4v) is 5.50. The van der Waals surface area contributed by atoms with Crippen molar-refractivity contribution < 1.29 is 4.74 Å². The molecule has 1 fully saturated rings. The van der Waals surface area contributed by atoms with Gasteiger partial charge in [0.15, 0.2) is 11.5 Å². The minimum atomic E-state index is -0.266. The van der Waals surface area contributed by atoms with Crippen LogP contribution in [0.4, 0.5) is 11.8 Å². The third-order valence-corrected chi connectivity index (χ3v) is 7.76. The van der Waals surface area contributed by atoms with Gasteiger partial charge in [0.05, 0.1) is 16.6 Å². The molecule has 0 aliphatic carbocycles. The molecule has 5 aromatic rings. The van der Waals surface area contributed by atoms with Crippen molar-refractivity contribution in [2.24, 2.45) is 0 Å². The third kappa shape index (κ3) is 4.36. The largest absolute Gasteiger partial charge is 0.490 e. The van der Waals surface area contributed by atoms with E-state index in [0.29, 0.717) is 34.4 Å². The molecule has 0 saturated carbocycles. The number of hydrogen-bond acceptors (Lipinski definition) is 8. The number of aromatic nitrogens is 5. The highest BCUT2D eigenvalue weighted by Gasteiger charge is 2.21. The zero-order valence-corrected chi connectivity index (χ0v) is 21.6. The Labute approximate surface area is 224 Å². The van der Waals surface area contributed by atoms with Crippen molar-refractivity contribution in [2.75, 3.05) is 30.7 Å². The summed E-state index contributed by atoms with van der Waals surface area (Å²) in [5.41, 5.74) is 10.0. The van der Waals surface area contributed by atoms with Crippen LogP contribution in [-0.4, -0.2) is 55.4 Å². The van der Waals surface area contributed by atoms with Crippen molar-refractivity contribution in [2.45, 2.75) is 38.3 Å². The van der Waals surface area contributed by atoms with E-state index in [1.54, 1.807) is 10.8 Å². The molecule has 5 heterocycles. The molecule has 7 rings (SSSR count). The van der Waals surface area contributed by atoms with Crippen LogP contribution in [0.1, 0.15) is 30.4 Å². The highest BCUT2D eigenvalue weighted by Crippen LogP contribution is 2.29. The number of nitrogens with two attached hydrogens (primary N) is 1. The number of fused-ring (bicyclic) bond motifs is 4. The van der Waals surface area contributed by atoms with Crippen molar-refractivity contribution in [3.8, 4) is 11.4 Å². The quantitative estimate of drug-likeness (QED) is 0.296. The molecule has 2 aromatic carbocycles. The molecule has 0 spiro atoms. The molecule has 1 atom stereocenters. The SMILES string of the molecule is Nc1n[nH]c2c1c(=O)n(-c1ccc(CN3CCC3)cc1)c1nc(NCC[C@H]3CCc4ccccc4O3)ncc21. The monoisotopic (exact) mass is 522 g/mol. The normalized spacial score (nSPS) is 17.1. The molecule has 39 heavy (non-hydrogen) atoms. The van der Waals surface area contributed by atoms with E-state index in [0.717, 1.165) is 50.3 Å². The molecule has 10 heteroatoms. The van der Waals surface area contributed by atoms with Gasteiger partial charge in [0, 0.05) is 25.7 Å². The van der Waals surface area contributed by atoms with Crippen LogP contribution in [0.15, 0.2) is 59.5 Å². The summed E-state index contributed by atoms with van der Waals surface area (Å²) in [6.07, 6.45) is 5.91. The Hall–Kier alpha value is -4.44. The van der Waals surface area contributed by atoms with Crippen LogP contribution in [-0.2, 0) is 13.0 Å². The number of pyridine rings is 1. The molecule has 0 bridgehead atoms. The Balaban J connectivity index is 1.18. The predicted molar refractivity (Wildman–Crippen MR) is 151 cm³/mol. The lowest BCUT2D eigenvalue weighted by Gasteiger charge is -2.30. The number of aromatic amines is 1. The summed E-state index contributed by atoms with van der Waals surface area (Å²) in [5.74, 6) is 1.59. The molecule has 0 unspecified atom stereocenters. The minimum Gasteiger partial charge on any atom is -0.490 e.